The number of allylic oxidation sites excluding steroid dienone is 7. The molecule has 2 heterocycles. The van der Waals surface area contributed by atoms with Crippen LogP contribution in [0.4, 0.5) is 0 Å². The van der Waals surface area contributed by atoms with Crippen molar-refractivity contribution in [3.63, 3.8) is 0 Å². The zero-order valence-corrected chi connectivity index (χ0v) is 46.3. The second-order valence-electron chi connectivity index (χ2n) is 21.1. The number of amides is 1. The van der Waals surface area contributed by atoms with Crippen molar-refractivity contribution in [2.24, 2.45) is 0 Å². The monoisotopic (exact) mass is 1050 g/mol. The summed E-state index contributed by atoms with van der Waals surface area (Å²) >= 11 is 0. The zero-order valence-electron chi connectivity index (χ0n) is 46.3. The van der Waals surface area contributed by atoms with Crippen LogP contribution in [-0.4, -0.2) is 140 Å². The maximum absolute atomic E-state index is 13.2. The van der Waals surface area contributed by atoms with E-state index in [1.54, 1.807) is 6.08 Å². The first-order valence-corrected chi connectivity index (χ1v) is 29.9. The summed E-state index contributed by atoms with van der Waals surface area (Å²) < 4.78 is 22.7. The Morgan fingerprint density at radius 3 is 1.42 bits per heavy atom. The van der Waals surface area contributed by atoms with Gasteiger partial charge in [-0.25, -0.2) is 0 Å². The zero-order chi connectivity index (χ0) is 53.9. The molecule has 0 aliphatic carbocycles. The molecule has 0 bridgehead atoms. The van der Waals surface area contributed by atoms with Gasteiger partial charge < -0.3 is 65.1 Å². The number of carbonyl (C=O) groups is 1. The van der Waals surface area contributed by atoms with Gasteiger partial charge in [0.1, 0.15) is 48.8 Å². The Morgan fingerprint density at radius 2 is 0.905 bits per heavy atom. The maximum Gasteiger partial charge on any atom is 0.220 e. The SMILES string of the molecule is CCCCCC/C=C\C/C=C\CCCCCCCC(=O)NC(COC1OC(CO)C(OC2OC(CO)C(O)C(O)C2O)C(O)C1O)C(O)/C=C/CC/C=C/CCCCCCCCCCCCCCCCCCCC. The normalized spacial score (nSPS) is 25.5. The van der Waals surface area contributed by atoms with Gasteiger partial charge in [0.2, 0.25) is 5.91 Å². The Labute approximate surface area is 448 Å². The van der Waals surface area contributed by atoms with Crippen LogP contribution in [0.25, 0.3) is 0 Å². The van der Waals surface area contributed by atoms with Crippen molar-refractivity contribution in [2.45, 2.75) is 306 Å². The summed E-state index contributed by atoms with van der Waals surface area (Å²) in [5.74, 6) is -0.263. The standard InChI is InChI=1S/C60H109NO13/c1-3-5-7-9-11-13-15-17-19-21-22-23-24-25-26-27-28-29-31-33-35-37-39-41-43-49(64)48(61-52(65)44-42-40-38-36-34-32-30-20-18-16-14-12-10-8-6-4-2)47-71-59-57(70)55(68)58(51(46-63)73-59)74-60-56(69)54(67)53(66)50(45-62)72-60/h14,16,20,30,33,35,41,43,48-51,53-60,62-64,66-70H,3-13,15,17-19,21-29,31-32,34,36-40,42,44-47H2,1-2H3,(H,61,65)/b16-14-,30-20-,35-33+,43-41+. The fraction of sp³-hybridized carbons (Fsp3) is 0.850. The largest absolute Gasteiger partial charge is 0.394 e. The maximum atomic E-state index is 13.2. The highest BCUT2D eigenvalue weighted by Gasteiger charge is 2.51. The second kappa shape index (κ2) is 45.9. The van der Waals surface area contributed by atoms with Crippen LogP contribution in [0.5, 0.6) is 0 Å². The van der Waals surface area contributed by atoms with Crippen molar-refractivity contribution in [3.8, 4) is 0 Å². The van der Waals surface area contributed by atoms with Gasteiger partial charge in [-0.3, -0.25) is 4.79 Å². The number of unbranched alkanes of at least 4 members (excludes halogenated alkanes) is 28. The van der Waals surface area contributed by atoms with Crippen LogP contribution in [0.15, 0.2) is 48.6 Å². The van der Waals surface area contributed by atoms with E-state index in [2.05, 4.69) is 55.6 Å². The van der Waals surface area contributed by atoms with E-state index in [4.69, 9.17) is 18.9 Å². The lowest BCUT2D eigenvalue weighted by atomic mass is 9.97. The highest BCUT2D eigenvalue weighted by molar-refractivity contribution is 5.76. The lowest BCUT2D eigenvalue weighted by molar-refractivity contribution is -0.359. The molecule has 0 radical (unpaired) electrons. The molecule has 1 amide bonds. The molecule has 0 saturated carbocycles. The van der Waals surface area contributed by atoms with Crippen molar-refractivity contribution in [3.05, 3.63) is 48.6 Å². The molecule has 2 rings (SSSR count). The summed E-state index contributed by atoms with van der Waals surface area (Å²) in [5.41, 5.74) is 0. The molecule has 432 valence electrons. The van der Waals surface area contributed by atoms with Crippen molar-refractivity contribution in [1.82, 2.24) is 5.32 Å². The van der Waals surface area contributed by atoms with Crippen LogP contribution < -0.4 is 5.32 Å². The van der Waals surface area contributed by atoms with Crippen LogP contribution in [0.3, 0.4) is 0 Å². The van der Waals surface area contributed by atoms with E-state index in [0.29, 0.717) is 12.8 Å². The van der Waals surface area contributed by atoms with E-state index < -0.39 is 86.8 Å². The van der Waals surface area contributed by atoms with Gasteiger partial charge in [0.25, 0.3) is 0 Å². The Morgan fingerprint density at radius 1 is 0.486 bits per heavy atom. The third kappa shape index (κ3) is 31.4. The van der Waals surface area contributed by atoms with Gasteiger partial charge in [-0.15, -0.1) is 0 Å². The fourth-order valence-electron chi connectivity index (χ4n) is 9.63. The average molecular weight is 1050 g/mol. The number of rotatable bonds is 47. The third-order valence-corrected chi connectivity index (χ3v) is 14.5. The lowest BCUT2D eigenvalue weighted by Gasteiger charge is -2.46. The van der Waals surface area contributed by atoms with Crippen LogP contribution in [0.2, 0.25) is 0 Å². The van der Waals surface area contributed by atoms with Crippen molar-refractivity contribution in [1.29, 1.82) is 0 Å². The molecule has 9 N–H and O–H groups in total. The Kier molecular flexibility index (Phi) is 42.2. The van der Waals surface area contributed by atoms with E-state index in [9.17, 15) is 45.6 Å². The molecule has 0 aromatic rings. The predicted molar refractivity (Wildman–Crippen MR) is 295 cm³/mol. The Bertz CT molecular complexity index is 1430. The lowest BCUT2D eigenvalue weighted by Crippen LogP contribution is -2.65. The quantitative estimate of drug-likeness (QED) is 0.0205. The van der Waals surface area contributed by atoms with Crippen LogP contribution >= 0.6 is 0 Å². The number of ether oxygens (including phenoxy) is 4. The van der Waals surface area contributed by atoms with Gasteiger partial charge >= 0.3 is 0 Å². The minimum atomic E-state index is -1.79. The molecule has 14 nitrogen and oxygen atoms in total. The van der Waals surface area contributed by atoms with Crippen molar-refractivity contribution in [2.75, 3.05) is 19.8 Å². The van der Waals surface area contributed by atoms with Crippen LogP contribution in [0, 0.1) is 0 Å². The van der Waals surface area contributed by atoms with E-state index in [0.717, 1.165) is 57.8 Å². The van der Waals surface area contributed by atoms with Gasteiger partial charge in [0, 0.05) is 6.42 Å². The van der Waals surface area contributed by atoms with E-state index >= 15 is 0 Å². The van der Waals surface area contributed by atoms with Crippen LogP contribution in [0.1, 0.15) is 232 Å². The molecule has 12 unspecified atom stereocenters. The molecule has 14 heteroatoms. The molecular formula is C60H109NO13. The van der Waals surface area contributed by atoms with Crippen LogP contribution in [-0.2, 0) is 23.7 Å². The molecule has 0 aromatic heterocycles. The summed E-state index contributed by atoms with van der Waals surface area (Å²) in [6.07, 6.45) is 40.1. The molecule has 0 spiro atoms. The number of hydrogen-bond donors (Lipinski definition) is 9. The number of hydrogen-bond acceptors (Lipinski definition) is 13. The molecule has 2 saturated heterocycles. The highest BCUT2D eigenvalue weighted by Crippen LogP contribution is 2.30. The van der Waals surface area contributed by atoms with Gasteiger partial charge in [-0.1, -0.05) is 210 Å². The Balaban J connectivity index is 1.78. The first-order chi connectivity index (χ1) is 36.1. The second-order valence-corrected chi connectivity index (χ2v) is 21.1. The third-order valence-electron chi connectivity index (χ3n) is 14.5. The predicted octanol–water partition coefficient (Wildman–Crippen LogP) is 10.0. The number of carbonyl (C=O) groups excluding carboxylic acids is 1. The molecule has 2 aliphatic heterocycles. The molecule has 74 heavy (non-hydrogen) atoms. The highest BCUT2D eigenvalue weighted by atomic mass is 16.7. The van der Waals surface area contributed by atoms with Gasteiger partial charge in [-0.05, 0) is 64.2 Å². The molecular weight excluding hydrogens is 943 g/mol. The number of aliphatic hydroxyl groups is 8. The smallest absolute Gasteiger partial charge is 0.220 e. The minimum absolute atomic E-state index is 0.257. The van der Waals surface area contributed by atoms with E-state index in [1.807, 2.05) is 6.08 Å². The van der Waals surface area contributed by atoms with Crippen molar-refractivity contribution < 1.29 is 64.6 Å². The molecule has 12 atom stereocenters. The van der Waals surface area contributed by atoms with Gasteiger partial charge in [0.05, 0.1) is 32.0 Å². The fourth-order valence-corrected chi connectivity index (χ4v) is 9.63. The summed E-state index contributed by atoms with van der Waals surface area (Å²) in [7, 11) is 0. The summed E-state index contributed by atoms with van der Waals surface area (Å²) in [4.78, 5) is 13.2. The van der Waals surface area contributed by atoms with Gasteiger partial charge in [-0.2, -0.15) is 0 Å². The topological polar surface area (TPSA) is 228 Å². The number of aliphatic hydroxyl groups excluding tert-OH is 8. The molecule has 0 aromatic carbocycles. The molecule has 2 aliphatic rings. The first kappa shape index (κ1) is 68.1. The van der Waals surface area contributed by atoms with Crippen molar-refractivity contribution >= 4 is 5.91 Å². The Hall–Kier alpha value is -2.05. The summed E-state index contributed by atoms with van der Waals surface area (Å²) in [6, 6.07) is -0.940. The van der Waals surface area contributed by atoms with Gasteiger partial charge in [0.15, 0.2) is 12.6 Å². The average Bonchev–Trinajstić information content (AvgIpc) is 3.40. The number of nitrogens with one attached hydrogen (secondary N) is 1. The minimum Gasteiger partial charge on any atom is -0.394 e. The van der Waals surface area contributed by atoms with E-state index in [-0.39, 0.29) is 18.9 Å². The first-order valence-electron chi connectivity index (χ1n) is 29.9. The van der Waals surface area contributed by atoms with E-state index in [1.165, 1.54) is 141 Å². The summed E-state index contributed by atoms with van der Waals surface area (Å²) in [5, 5.41) is 87.0. The summed E-state index contributed by atoms with van der Waals surface area (Å²) in [6.45, 7) is 2.76. The molecule has 2 fully saturated rings.